The van der Waals surface area contributed by atoms with Crippen LogP contribution in [0.5, 0.6) is 0 Å². The third-order valence-electron chi connectivity index (χ3n) is 5.39. The second kappa shape index (κ2) is 9.41. The molecule has 1 unspecified atom stereocenters. The van der Waals surface area contributed by atoms with Gasteiger partial charge in [0, 0.05) is 23.3 Å². The Morgan fingerprint density at radius 3 is 2.60 bits per heavy atom. The number of hydrogen-bond donors (Lipinski definition) is 3. The van der Waals surface area contributed by atoms with Crippen molar-refractivity contribution in [1.29, 1.82) is 0 Å². The van der Waals surface area contributed by atoms with Gasteiger partial charge in [-0.25, -0.2) is 0 Å². The van der Waals surface area contributed by atoms with E-state index in [4.69, 9.17) is 0 Å². The van der Waals surface area contributed by atoms with Crippen LogP contribution in [0.15, 0.2) is 18.2 Å². The van der Waals surface area contributed by atoms with Gasteiger partial charge in [-0.05, 0) is 30.0 Å². The van der Waals surface area contributed by atoms with E-state index >= 15 is 0 Å². The first-order chi connectivity index (χ1) is 14.3. The highest BCUT2D eigenvalue weighted by molar-refractivity contribution is 5.99. The molecule has 162 valence electrons. The second-order valence-electron chi connectivity index (χ2n) is 9.08. The maximum absolute atomic E-state index is 11.6. The van der Waals surface area contributed by atoms with Crippen LogP contribution in [-0.2, 0) is 16.6 Å². The zero-order chi connectivity index (χ0) is 21.7. The van der Waals surface area contributed by atoms with Crippen molar-refractivity contribution < 1.29 is 4.79 Å². The monoisotopic (exact) mass is 410 g/mol. The van der Waals surface area contributed by atoms with Crippen molar-refractivity contribution >= 4 is 29.2 Å². The van der Waals surface area contributed by atoms with Crippen LogP contribution in [0.4, 0.5) is 23.3 Å². The minimum Gasteiger partial charge on any atom is -0.354 e. The SMILES string of the molecule is CCCCC(CC)CNc1nc(Nc2ccc3c(c2)NC(=O)C3)nc(C(C)(C)C)n1. The summed E-state index contributed by atoms with van der Waals surface area (Å²) >= 11 is 0. The van der Waals surface area contributed by atoms with Gasteiger partial charge in [0.25, 0.3) is 0 Å². The molecule has 3 N–H and O–H groups in total. The zero-order valence-corrected chi connectivity index (χ0v) is 18.8. The summed E-state index contributed by atoms with van der Waals surface area (Å²) in [4.78, 5) is 25.5. The summed E-state index contributed by atoms with van der Waals surface area (Å²) in [6, 6.07) is 5.83. The molecular weight excluding hydrogens is 376 g/mol. The molecule has 0 fully saturated rings. The first kappa shape index (κ1) is 22.0. The van der Waals surface area contributed by atoms with Gasteiger partial charge >= 0.3 is 0 Å². The molecule has 30 heavy (non-hydrogen) atoms. The summed E-state index contributed by atoms with van der Waals surface area (Å²) in [5.74, 6) is 2.47. The summed E-state index contributed by atoms with van der Waals surface area (Å²) in [5.41, 5.74) is 2.49. The summed E-state index contributed by atoms with van der Waals surface area (Å²) < 4.78 is 0. The van der Waals surface area contributed by atoms with Crippen LogP contribution in [0, 0.1) is 5.92 Å². The molecular formula is C23H34N6O. The predicted molar refractivity (Wildman–Crippen MR) is 122 cm³/mol. The van der Waals surface area contributed by atoms with Crippen molar-refractivity contribution in [3.05, 3.63) is 29.6 Å². The average Bonchev–Trinajstić information content (AvgIpc) is 3.06. The number of benzene rings is 1. The Bertz CT molecular complexity index is 890. The van der Waals surface area contributed by atoms with E-state index in [9.17, 15) is 4.79 Å². The van der Waals surface area contributed by atoms with E-state index in [1.165, 1.54) is 19.3 Å². The van der Waals surface area contributed by atoms with E-state index in [0.29, 0.717) is 24.2 Å². The Balaban J connectivity index is 1.79. The lowest BCUT2D eigenvalue weighted by molar-refractivity contribution is -0.115. The molecule has 3 rings (SSSR count). The quantitative estimate of drug-likeness (QED) is 0.537. The molecule has 2 heterocycles. The lowest BCUT2D eigenvalue weighted by Gasteiger charge is -2.20. The van der Waals surface area contributed by atoms with Gasteiger partial charge in [0.15, 0.2) is 0 Å². The number of nitrogens with zero attached hydrogens (tertiary/aromatic N) is 3. The molecule has 0 bridgehead atoms. The van der Waals surface area contributed by atoms with Gasteiger partial charge in [0.05, 0.1) is 6.42 Å². The number of hydrogen-bond acceptors (Lipinski definition) is 6. The van der Waals surface area contributed by atoms with Gasteiger partial charge in [-0.1, -0.05) is 59.9 Å². The van der Waals surface area contributed by atoms with Crippen molar-refractivity contribution in [2.24, 2.45) is 5.92 Å². The molecule has 7 heteroatoms. The minimum atomic E-state index is -0.200. The van der Waals surface area contributed by atoms with Gasteiger partial charge in [-0.2, -0.15) is 15.0 Å². The van der Waals surface area contributed by atoms with E-state index in [1.807, 2.05) is 18.2 Å². The van der Waals surface area contributed by atoms with Crippen LogP contribution in [-0.4, -0.2) is 27.4 Å². The summed E-state index contributed by atoms with van der Waals surface area (Å²) in [7, 11) is 0. The fourth-order valence-corrected chi connectivity index (χ4v) is 3.45. The lowest BCUT2D eigenvalue weighted by atomic mass is 9.96. The first-order valence-corrected chi connectivity index (χ1v) is 11.0. The number of rotatable bonds is 9. The summed E-state index contributed by atoms with van der Waals surface area (Å²) in [6.07, 6.45) is 5.23. The topological polar surface area (TPSA) is 91.8 Å². The molecule has 0 aliphatic carbocycles. The molecule has 1 aliphatic rings. The molecule has 1 aliphatic heterocycles. The number of fused-ring (bicyclic) bond motifs is 1. The number of aromatic nitrogens is 3. The molecule has 1 atom stereocenters. The lowest BCUT2D eigenvalue weighted by Crippen LogP contribution is -2.21. The fraction of sp³-hybridized carbons (Fsp3) is 0.565. The molecule has 1 aromatic heterocycles. The maximum atomic E-state index is 11.6. The number of anilines is 4. The second-order valence-corrected chi connectivity index (χ2v) is 9.08. The normalized spacial score (nSPS) is 14.2. The molecule has 1 amide bonds. The van der Waals surface area contributed by atoms with Crippen LogP contribution >= 0.6 is 0 Å². The molecule has 0 radical (unpaired) electrons. The molecule has 7 nitrogen and oxygen atoms in total. The van der Waals surface area contributed by atoms with Crippen molar-refractivity contribution in [2.75, 3.05) is 22.5 Å². The van der Waals surface area contributed by atoms with E-state index in [2.05, 4.69) is 65.5 Å². The first-order valence-electron chi connectivity index (χ1n) is 11.0. The van der Waals surface area contributed by atoms with Crippen LogP contribution in [0.25, 0.3) is 0 Å². The molecule has 2 aromatic rings. The third-order valence-corrected chi connectivity index (χ3v) is 5.39. The Hall–Kier alpha value is -2.70. The number of unbranched alkanes of at least 4 members (excludes halogenated alkanes) is 1. The Labute approximate surface area is 179 Å². The van der Waals surface area contributed by atoms with E-state index in [0.717, 1.165) is 35.7 Å². The Kier molecular flexibility index (Phi) is 6.90. The number of carbonyl (C=O) groups is 1. The van der Waals surface area contributed by atoms with Gasteiger partial charge in [0.2, 0.25) is 17.8 Å². The van der Waals surface area contributed by atoms with Gasteiger partial charge in [0.1, 0.15) is 5.82 Å². The van der Waals surface area contributed by atoms with Crippen LogP contribution in [0.1, 0.15) is 71.7 Å². The molecule has 1 aromatic carbocycles. The zero-order valence-electron chi connectivity index (χ0n) is 18.8. The Morgan fingerprint density at radius 2 is 1.90 bits per heavy atom. The molecule has 0 saturated carbocycles. The van der Waals surface area contributed by atoms with E-state index in [1.54, 1.807) is 0 Å². The fourth-order valence-electron chi connectivity index (χ4n) is 3.45. The predicted octanol–water partition coefficient (Wildman–Crippen LogP) is 5.04. The smallest absolute Gasteiger partial charge is 0.232 e. The van der Waals surface area contributed by atoms with E-state index < -0.39 is 0 Å². The van der Waals surface area contributed by atoms with Gasteiger partial charge in [-0.3, -0.25) is 4.79 Å². The largest absolute Gasteiger partial charge is 0.354 e. The van der Waals surface area contributed by atoms with Crippen molar-refractivity contribution in [2.45, 2.75) is 72.1 Å². The minimum absolute atomic E-state index is 0.0253. The third kappa shape index (κ3) is 5.68. The molecule has 0 spiro atoms. The standard InChI is InChI=1S/C23H34N6O/c1-6-8-9-15(7-2)14-24-21-27-20(23(3,4)5)28-22(29-21)25-17-11-10-16-12-19(30)26-18(16)13-17/h10-11,13,15H,6-9,12,14H2,1-5H3,(H,26,30)(H2,24,25,27,28,29). The summed E-state index contributed by atoms with van der Waals surface area (Å²) in [6.45, 7) is 11.6. The van der Waals surface area contributed by atoms with Crippen LogP contribution < -0.4 is 16.0 Å². The average molecular weight is 411 g/mol. The number of amides is 1. The Morgan fingerprint density at radius 1 is 1.13 bits per heavy atom. The maximum Gasteiger partial charge on any atom is 0.232 e. The number of nitrogens with one attached hydrogen (secondary N) is 3. The summed E-state index contributed by atoms with van der Waals surface area (Å²) in [5, 5.41) is 9.60. The van der Waals surface area contributed by atoms with E-state index in [-0.39, 0.29) is 11.3 Å². The van der Waals surface area contributed by atoms with Gasteiger partial charge < -0.3 is 16.0 Å². The van der Waals surface area contributed by atoms with Crippen molar-refractivity contribution in [1.82, 2.24) is 15.0 Å². The number of carbonyl (C=O) groups excluding carboxylic acids is 1. The molecule has 0 saturated heterocycles. The highest BCUT2D eigenvalue weighted by Gasteiger charge is 2.21. The van der Waals surface area contributed by atoms with Crippen LogP contribution in [0.2, 0.25) is 0 Å². The van der Waals surface area contributed by atoms with Crippen molar-refractivity contribution in [3.63, 3.8) is 0 Å². The highest BCUT2D eigenvalue weighted by Crippen LogP contribution is 2.28. The van der Waals surface area contributed by atoms with Gasteiger partial charge in [-0.15, -0.1) is 0 Å². The highest BCUT2D eigenvalue weighted by atomic mass is 16.1. The van der Waals surface area contributed by atoms with Crippen LogP contribution in [0.3, 0.4) is 0 Å². The van der Waals surface area contributed by atoms with Crippen molar-refractivity contribution in [3.8, 4) is 0 Å².